The summed E-state index contributed by atoms with van der Waals surface area (Å²) in [5.74, 6) is -1.16. The van der Waals surface area contributed by atoms with Crippen LogP contribution >= 0.6 is 0 Å². The molecule has 29 heavy (non-hydrogen) atoms. The monoisotopic (exact) mass is 419 g/mol. The van der Waals surface area contributed by atoms with Gasteiger partial charge in [0.05, 0.1) is 10.6 Å². The third kappa shape index (κ3) is 5.55. The van der Waals surface area contributed by atoms with E-state index in [4.69, 9.17) is 0 Å². The minimum absolute atomic E-state index is 0.00471. The van der Waals surface area contributed by atoms with E-state index < -0.39 is 28.3 Å². The summed E-state index contributed by atoms with van der Waals surface area (Å²) in [5, 5.41) is 2.76. The second-order valence-corrected chi connectivity index (χ2v) is 8.89. The molecule has 0 spiro atoms. The lowest BCUT2D eigenvalue weighted by Crippen LogP contribution is -2.41. The maximum absolute atomic E-state index is 14.4. The lowest BCUT2D eigenvalue weighted by Gasteiger charge is -2.24. The zero-order valence-electron chi connectivity index (χ0n) is 16.3. The number of carbonyl (C=O) groups excluding carboxylic acids is 1. The molecule has 0 aromatic heterocycles. The topological polar surface area (TPSA) is 69.7 Å². The van der Waals surface area contributed by atoms with Gasteiger partial charge in [-0.3, -0.25) is 9.10 Å². The first-order valence-corrected chi connectivity index (χ1v) is 11.2. The van der Waals surface area contributed by atoms with Gasteiger partial charge in [0.25, 0.3) is 10.0 Å². The number of sulfonamides is 1. The lowest BCUT2D eigenvalue weighted by atomic mass is 10.3. The highest BCUT2D eigenvalue weighted by Gasteiger charge is 2.28. The summed E-state index contributed by atoms with van der Waals surface area (Å²) in [7, 11) is -4.09. The first-order valence-electron chi connectivity index (χ1n) is 9.80. The van der Waals surface area contributed by atoms with Gasteiger partial charge in [-0.15, -0.1) is 0 Å². The maximum atomic E-state index is 14.4. The molecule has 6 nitrogen and oxygen atoms in total. The van der Waals surface area contributed by atoms with E-state index in [-0.39, 0.29) is 10.6 Å². The smallest absolute Gasteiger partial charge is 0.264 e. The number of carbonyl (C=O) groups is 1. The number of amides is 1. The molecule has 1 N–H and O–H groups in total. The first kappa shape index (κ1) is 21.3. The van der Waals surface area contributed by atoms with Crippen molar-refractivity contribution < 1.29 is 17.6 Å². The molecule has 0 radical (unpaired) electrons. The SMILES string of the molecule is O=C(CN(c1ccccc1F)S(=O)(=O)c1ccccc1)NCCCN1CCCC1. The lowest BCUT2D eigenvalue weighted by molar-refractivity contribution is -0.119. The highest BCUT2D eigenvalue weighted by Crippen LogP contribution is 2.25. The number of likely N-dealkylation sites (tertiary alicyclic amines) is 1. The molecule has 1 saturated heterocycles. The second kappa shape index (κ2) is 9.84. The Labute approximate surface area is 171 Å². The number of para-hydroxylation sites is 1. The molecule has 1 fully saturated rings. The molecule has 0 bridgehead atoms. The second-order valence-electron chi connectivity index (χ2n) is 7.03. The quantitative estimate of drug-likeness (QED) is 0.635. The van der Waals surface area contributed by atoms with Crippen LogP contribution in [-0.2, 0) is 14.8 Å². The fourth-order valence-corrected chi connectivity index (χ4v) is 4.85. The van der Waals surface area contributed by atoms with Gasteiger partial charge < -0.3 is 10.2 Å². The van der Waals surface area contributed by atoms with Gasteiger partial charge in [-0.1, -0.05) is 30.3 Å². The number of rotatable bonds is 9. The number of nitrogens with zero attached hydrogens (tertiary/aromatic N) is 2. The Morgan fingerprint density at radius 1 is 1.03 bits per heavy atom. The first-order chi connectivity index (χ1) is 14.0. The molecule has 156 valence electrons. The van der Waals surface area contributed by atoms with Crippen LogP contribution in [0.25, 0.3) is 0 Å². The normalized spacial score (nSPS) is 14.7. The molecular formula is C21H26FN3O3S. The van der Waals surface area contributed by atoms with Crippen molar-refractivity contribution in [1.82, 2.24) is 10.2 Å². The van der Waals surface area contributed by atoms with Crippen LogP contribution in [0.15, 0.2) is 59.5 Å². The predicted octanol–water partition coefficient (Wildman–Crippen LogP) is 2.62. The summed E-state index contributed by atoms with van der Waals surface area (Å²) in [6.45, 7) is 3.04. The zero-order valence-corrected chi connectivity index (χ0v) is 17.1. The Kier molecular flexibility index (Phi) is 7.22. The molecular weight excluding hydrogens is 393 g/mol. The van der Waals surface area contributed by atoms with Crippen LogP contribution in [-0.4, -0.2) is 51.9 Å². The minimum Gasteiger partial charge on any atom is -0.354 e. The van der Waals surface area contributed by atoms with Crippen molar-refractivity contribution in [2.75, 3.05) is 37.0 Å². The van der Waals surface area contributed by atoms with Crippen molar-refractivity contribution in [2.45, 2.75) is 24.2 Å². The fraction of sp³-hybridized carbons (Fsp3) is 0.381. The summed E-state index contributed by atoms with van der Waals surface area (Å²) in [6, 6.07) is 13.3. The molecule has 2 aromatic carbocycles. The van der Waals surface area contributed by atoms with E-state index in [9.17, 15) is 17.6 Å². The van der Waals surface area contributed by atoms with Gasteiger partial charge in [-0.2, -0.15) is 0 Å². The van der Waals surface area contributed by atoms with Crippen molar-refractivity contribution in [1.29, 1.82) is 0 Å². The van der Waals surface area contributed by atoms with Crippen LogP contribution in [0.5, 0.6) is 0 Å². The van der Waals surface area contributed by atoms with Crippen molar-refractivity contribution in [2.24, 2.45) is 0 Å². The van der Waals surface area contributed by atoms with Crippen molar-refractivity contribution in [3.8, 4) is 0 Å². The Balaban J connectivity index is 1.70. The summed E-state index contributed by atoms with van der Waals surface area (Å²) in [5.41, 5.74) is -0.149. The zero-order chi connectivity index (χ0) is 20.7. The summed E-state index contributed by atoms with van der Waals surface area (Å²) in [4.78, 5) is 14.8. The van der Waals surface area contributed by atoms with E-state index in [1.807, 2.05) is 0 Å². The van der Waals surface area contributed by atoms with Crippen LogP contribution in [0.2, 0.25) is 0 Å². The average Bonchev–Trinajstić information content (AvgIpc) is 3.24. The number of benzene rings is 2. The molecule has 1 heterocycles. The maximum Gasteiger partial charge on any atom is 0.264 e. The molecule has 3 rings (SSSR count). The van der Waals surface area contributed by atoms with E-state index >= 15 is 0 Å². The Morgan fingerprint density at radius 2 is 1.69 bits per heavy atom. The predicted molar refractivity (Wildman–Crippen MR) is 111 cm³/mol. The number of anilines is 1. The highest BCUT2D eigenvalue weighted by atomic mass is 32.2. The van der Waals surface area contributed by atoms with Gasteiger partial charge in [0.2, 0.25) is 5.91 Å². The van der Waals surface area contributed by atoms with Gasteiger partial charge >= 0.3 is 0 Å². The Bertz CT molecular complexity index is 916. The van der Waals surface area contributed by atoms with Gasteiger partial charge in [0.15, 0.2) is 0 Å². The number of halogens is 1. The fourth-order valence-electron chi connectivity index (χ4n) is 3.40. The number of hydrogen-bond acceptors (Lipinski definition) is 4. The molecule has 1 aliphatic heterocycles. The van der Waals surface area contributed by atoms with Crippen LogP contribution in [0.4, 0.5) is 10.1 Å². The van der Waals surface area contributed by atoms with E-state index in [0.29, 0.717) is 6.54 Å². The summed E-state index contributed by atoms with van der Waals surface area (Å²) < 4.78 is 41.4. The Morgan fingerprint density at radius 3 is 2.38 bits per heavy atom. The van der Waals surface area contributed by atoms with Gasteiger partial charge in [-0.05, 0) is 63.2 Å². The molecule has 1 aliphatic rings. The minimum atomic E-state index is -4.09. The third-order valence-electron chi connectivity index (χ3n) is 4.91. The number of hydrogen-bond donors (Lipinski definition) is 1. The van der Waals surface area contributed by atoms with Gasteiger partial charge in [0, 0.05) is 6.54 Å². The Hall–Kier alpha value is -2.45. The van der Waals surface area contributed by atoms with E-state index in [1.54, 1.807) is 24.3 Å². The van der Waals surface area contributed by atoms with E-state index in [0.717, 1.165) is 30.4 Å². The highest BCUT2D eigenvalue weighted by molar-refractivity contribution is 7.92. The molecule has 8 heteroatoms. The molecule has 1 amide bonds. The van der Waals surface area contributed by atoms with Crippen LogP contribution < -0.4 is 9.62 Å². The van der Waals surface area contributed by atoms with E-state index in [2.05, 4.69) is 10.2 Å². The van der Waals surface area contributed by atoms with E-state index in [1.165, 1.54) is 43.2 Å². The number of nitrogens with one attached hydrogen (secondary N) is 1. The molecule has 2 aromatic rings. The van der Waals surface area contributed by atoms with Crippen molar-refractivity contribution in [3.05, 3.63) is 60.4 Å². The van der Waals surface area contributed by atoms with Crippen LogP contribution in [0.1, 0.15) is 19.3 Å². The van der Waals surface area contributed by atoms with Crippen LogP contribution in [0, 0.1) is 5.82 Å². The average molecular weight is 420 g/mol. The van der Waals surface area contributed by atoms with Gasteiger partial charge in [-0.25, -0.2) is 12.8 Å². The van der Waals surface area contributed by atoms with Crippen LogP contribution in [0.3, 0.4) is 0 Å². The third-order valence-corrected chi connectivity index (χ3v) is 6.69. The standard InChI is InChI=1S/C21H26FN3O3S/c22-19-11-4-5-12-20(19)25(29(27,28)18-9-2-1-3-10-18)17-21(26)23-13-8-16-24-14-6-7-15-24/h1-5,9-12H,6-8,13-17H2,(H,23,26). The van der Waals surface area contributed by atoms with Crippen molar-refractivity contribution >= 4 is 21.6 Å². The molecule has 0 aliphatic carbocycles. The molecule has 0 atom stereocenters. The van der Waals surface area contributed by atoms with Gasteiger partial charge in [0.1, 0.15) is 12.4 Å². The summed E-state index contributed by atoms with van der Waals surface area (Å²) >= 11 is 0. The molecule has 0 saturated carbocycles. The molecule has 0 unspecified atom stereocenters. The van der Waals surface area contributed by atoms with Crippen molar-refractivity contribution in [3.63, 3.8) is 0 Å². The largest absolute Gasteiger partial charge is 0.354 e. The summed E-state index contributed by atoms with van der Waals surface area (Å²) in [6.07, 6.45) is 3.21.